The van der Waals surface area contributed by atoms with Crippen molar-refractivity contribution in [2.45, 2.75) is 19.8 Å². The molecule has 0 unspecified atom stereocenters. The minimum Gasteiger partial charge on any atom is -0.493 e. The minimum atomic E-state index is -0.0629. The molecular weight excluding hydrogens is 332 g/mol. The van der Waals surface area contributed by atoms with Gasteiger partial charge in [0.15, 0.2) is 23.0 Å². The summed E-state index contributed by atoms with van der Waals surface area (Å²) in [5.74, 6) is 1.84. The second-order valence-electron chi connectivity index (χ2n) is 5.93. The lowest BCUT2D eigenvalue weighted by Crippen LogP contribution is -2.28. The van der Waals surface area contributed by atoms with E-state index in [1.54, 1.807) is 7.11 Å². The van der Waals surface area contributed by atoms with E-state index in [9.17, 15) is 4.79 Å². The quantitative estimate of drug-likeness (QED) is 0.629. The highest BCUT2D eigenvalue weighted by Gasteiger charge is 2.09. The first-order valence-corrected chi connectivity index (χ1v) is 8.54. The second kappa shape index (κ2) is 8.38. The van der Waals surface area contributed by atoms with Crippen molar-refractivity contribution >= 4 is 17.0 Å². The van der Waals surface area contributed by atoms with Crippen LogP contribution in [0.4, 0.5) is 0 Å². The molecule has 0 aliphatic heterocycles. The Morgan fingerprint density at radius 2 is 2.00 bits per heavy atom. The predicted octanol–water partition coefficient (Wildman–Crippen LogP) is 3.27. The van der Waals surface area contributed by atoms with Crippen molar-refractivity contribution in [3.8, 4) is 11.5 Å². The largest absolute Gasteiger partial charge is 0.493 e. The number of carbonyl (C=O) groups is 1. The van der Waals surface area contributed by atoms with E-state index >= 15 is 0 Å². The van der Waals surface area contributed by atoms with Gasteiger partial charge in [-0.1, -0.05) is 18.2 Å². The molecule has 0 bridgehead atoms. The number of aromatic nitrogens is 1. The summed E-state index contributed by atoms with van der Waals surface area (Å²) in [6.07, 6.45) is 0.785. The third kappa shape index (κ3) is 4.53. The third-order valence-corrected chi connectivity index (χ3v) is 3.90. The Bertz CT molecular complexity index is 888. The van der Waals surface area contributed by atoms with Gasteiger partial charge in [-0.15, -0.1) is 0 Å². The van der Waals surface area contributed by atoms with Gasteiger partial charge < -0.3 is 19.2 Å². The molecule has 3 rings (SSSR count). The monoisotopic (exact) mass is 354 g/mol. The summed E-state index contributed by atoms with van der Waals surface area (Å²) >= 11 is 0. The fourth-order valence-electron chi connectivity index (χ4n) is 2.59. The van der Waals surface area contributed by atoms with Crippen LogP contribution in [0.15, 0.2) is 46.9 Å². The summed E-state index contributed by atoms with van der Waals surface area (Å²) in [6, 6.07) is 13.3. The third-order valence-electron chi connectivity index (χ3n) is 3.90. The molecule has 1 N–H and O–H groups in total. The lowest BCUT2D eigenvalue weighted by atomic mass is 10.2. The van der Waals surface area contributed by atoms with Crippen LogP contribution in [0.2, 0.25) is 0 Å². The SMILES string of the molecule is COc1ccccc1OCCNC(=O)CCc1nc2cc(C)ccc2o1. The zero-order valence-corrected chi connectivity index (χ0v) is 15.0. The molecule has 0 saturated heterocycles. The number of nitrogens with zero attached hydrogens (tertiary/aromatic N) is 1. The molecule has 3 aromatic rings. The molecule has 0 atom stereocenters. The van der Waals surface area contributed by atoms with Gasteiger partial charge in [-0.05, 0) is 36.8 Å². The molecular formula is C20H22N2O4. The Morgan fingerprint density at radius 1 is 1.19 bits per heavy atom. The molecule has 0 radical (unpaired) electrons. The molecule has 26 heavy (non-hydrogen) atoms. The van der Waals surface area contributed by atoms with Crippen LogP contribution in [-0.2, 0) is 11.2 Å². The van der Waals surface area contributed by atoms with Crippen LogP contribution in [0.5, 0.6) is 11.5 Å². The number of hydrogen-bond acceptors (Lipinski definition) is 5. The highest BCUT2D eigenvalue weighted by Crippen LogP contribution is 2.25. The van der Waals surface area contributed by atoms with Crippen molar-refractivity contribution in [2.24, 2.45) is 0 Å². The fourth-order valence-corrected chi connectivity index (χ4v) is 2.59. The summed E-state index contributed by atoms with van der Waals surface area (Å²) in [4.78, 5) is 16.4. The first kappa shape index (κ1) is 17.8. The normalized spacial score (nSPS) is 10.7. The molecule has 6 heteroatoms. The van der Waals surface area contributed by atoms with Crippen molar-refractivity contribution in [3.63, 3.8) is 0 Å². The molecule has 0 fully saturated rings. The topological polar surface area (TPSA) is 73.6 Å². The zero-order valence-electron chi connectivity index (χ0n) is 15.0. The number of amides is 1. The van der Waals surface area contributed by atoms with Crippen molar-refractivity contribution in [2.75, 3.05) is 20.3 Å². The van der Waals surface area contributed by atoms with E-state index in [1.165, 1.54) is 0 Å². The molecule has 6 nitrogen and oxygen atoms in total. The number of fused-ring (bicyclic) bond motifs is 1. The van der Waals surface area contributed by atoms with E-state index in [-0.39, 0.29) is 5.91 Å². The van der Waals surface area contributed by atoms with Crippen LogP contribution in [0.25, 0.3) is 11.1 Å². The Morgan fingerprint density at radius 3 is 2.81 bits per heavy atom. The van der Waals surface area contributed by atoms with Crippen LogP contribution in [0.1, 0.15) is 17.9 Å². The molecule has 136 valence electrons. The number of rotatable bonds is 8. The molecule has 1 amide bonds. The second-order valence-corrected chi connectivity index (χ2v) is 5.93. The molecule has 0 saturated carbocycles. The Labute approximate surface area is 152 Å². The number of nitrogens with one attached hydrogen (secondary N) is 1. The number of oxazole rings is 1. The van der Waals surface area contributed by atoms with Crippen LogP contribution >= 0.6 is 0 Å². The van der Waals surface area contributed by atoms with Crippen molar-refractivity contribution in [3.05, 3.63) is 53.9 Å². The van der Waals surface area contributed by atoms with Gasteiger partial charge in [0, 0.05) is 12.8 Å². The van der Waals surface area contributed by atoms with Crippen molar-refractivity contribution < 1.29 is 18.7 Å². The lowest BCUT2D eigenvalue weighted by Gasteiger charge is -2.10. The standard InChI is InChI=1S/C20H22N2O4/c1-14-7-8-16-15(13-14)22-20(26-16)10-9-19(23)21-11-12-25-18-6-4-3-5-17(18)24-2/h3-8,13H,9-12H2,1-2H3,(H,21,23). The van der Waals surface area contributed by atoms with Crippen LogP contribution in [0.3, 0.4) is 0 Å². The Hall–Kier alpha value is -3.02. The molecule has 1 heterocycles. The number of methoxy groups -OCH3 is 1. The maximum Gasteiger partial charge on any atom is 0.220 e. The maximum atomic E-state index is 12.0. The predicted molar refractivity (Wildman–Crippen MR) is 98.6 cm³/mol. The molecule has 0 aliphatic rings. The summed E-state index contributed by atoms with van der Waals surface area (Å²) in [6.45, 7) is 2.80. The zero-order chi connectivity index (χ0) is 18.4. The smallest absolute Gasteiger partial charge is 0.220 e. The number of para-hydroxylation sites is 2. The number of carbonyl (C=O) groups excluding carboxylic acids is 1. The molecule has 0 spiro atoms. The van der Waals surface area contributed by atoms with E-state index in [1.807, 2.05) is 49.4 Å². The summed E-state index contributed by atoms with van der Waals surface area (Å²) in [5, 5.41) is 2.83. The van der Waals surface area contributed by atoms with Gasteiger partial charge >= 0.3 is 0 Å². The van der Waals surface area contributed by atoms with E-state index in [2.05, 4.69) is 10.3 Å². The number of hydrogen-bond donors (Lipinski definition) is 1. The van der Waals surface area contributed by atoms with Gasteiger partial charge in [-0.2, -0.15) is 0 Å². The molecule has 1 aromatic heterocycles. The first-order valence-electron chi connectivity index (χ1n) is 8.54. The summed E-state index contributed by atoms with van der Waals surface area (Å²) < 4.78 is 16.5. The Kier molecular flexibility index (Phi) is 5.73. The van der Waals surface area contributed by atoms with E-state index in [0.29, 0.717) is 43.4 Å². The summed E-state index contributed by atoms with van der Waals surface area (Å²) in [7, 11) is 1.59. The lowest BCUT2D eigenvalue weighted by molar-refractivity contribution is -0.121. The average molecular weight is 354 g/mol. The van der Waals surface area contributed by atoms with E-state index in [0.717, 1.165) is 16.7 Å². The van der Waals surface area contributed by atoms with Crippen molar-refractivity contribution in [1.29, 1.82) is 0 Å². The summed E-state index contributed by atoms with van der Waals surface area (Å²) in [5.41, 5.74) is 2.70. The van der Waals surface area contributed by atoms with Gasteiger partial charge in [0.2, 0.25) is 5.91 Å². The van der Waals surface area contributed by atoms with E-state index in [4.69, 9.17) is 13.9 Å². The van der Waals surface area contributed by atoms with Gasteiger partial charge in [-0.3, -0.25) is 4.79 Å². The van der Waals surface area contributed by atoms with Gasteiger partial charge in [-0.25, -0.2) is 4.98 Å². The van der Waals surface area contributed by atoms with Gasteiger partial charge in [0.25, 0.3) is 0 Å². The number of aryl methyl sites for hydroxylation is 2. The number of ether oxygens (including phenoxy) is 2. The van der Waals surface area contributed by atoms with Crippen LogP contribution in [-0.4, -0.2) is 31.2 Å². The molecule has 2 aromatic carbocycles. The highest BCUT2D eigenvalue weighted by atomic mass is 16.5. The van der Waals surface area contributed by atoms with Crippen molar-refractivity contribution in [1.82, 2.24) is 10.3 Å². The number of benzene rings is 2. The minimum absolute atomic E-state index is 0.0629. The average Bonchev–Trinajstić information content (AvgIpc) is 3.06. The maximum absolute atomic E-state index is 12.0. The van der Waals surface area contributed by atoms with Gasteiger partial charge in [0.05, 0.1) is 13.7 Å². The Balaban J connectivity index is 1.41. The van der Waals surface area contributed by atoms with Crippen LogP contribution < -0.4 is 14.8 Å². The first-order chi connectivity index (χ1) is 12.7. The molecule has 0 aliphatic carbocycles. The fraction of sp³-hybridized carbons (Fsp3) is 0.300. The van der Waals surface area contributed by atoms with E-state index < -0.39 is 0 Å². The highest BCUT2D eigenvalue weighted by molar-refractivity contribution is 5.76. The van der Waals surface area contributed by atoms with Gasteiger partial charge in [0.1, 0.15) is 12.1 Å². The van der Waals surface area contributed by atoms with Crippen LogP contribution in [0, 0.1) is 6.92 Å².